The highest BCUT2D eigenvalue weighted by atomic mass is 35.5. The fourth-order valence-corrected chi connectivity index (χ4v) is 4.30. The first-order valence-corrected chi connectivity index (χ1v) is 9.73. The van der Waals surface area contributed by atoms with Crippen LogP contribution in [0.4, 0.5) is 4.79 Å². The van der Waals surface area contributed by atoms with Crippen molar-refractivity contribution in [3.05, 3.63) is 47.2 Å². The predicted molar refractivity (Wildman–Crippen MR) is 107 cm³/mol. The molecule has 3 heterocycles. The average Bonchev–Trinajstić information content (AvgIpc) is 3.23. The van der Waals surface area contributed by atoms with Crippen LogP contribution in [0.5, 0.6) is 0 Å². The lowest BCUT2D eigenvalue weighted by Crippen LogP contribution is -2.61. The largest absolute Gasteiger partial charge is 0.365 e. The number of carbonyl (C=O) groups is 2. The number of rotatable bonds is 3. The number of urea groups is 1. The van der Waals surface area contributed by atoms with E-state index in [9.17, 15) is 9.59 Å². The van der Waals surface area contributed by atoms with Gasteiger partial charge in [-0.25, -0.2) is 14.4 Å². The average molecular weight is 418 g/mol. The number of imide groups is 1. The number of likely N-dealkylation sites (N-methyl/N-ethyl adjacent to an activating group) is 2. The molecule has 0 aliphatic carbocycles. The van der Waals surface area contributed by atoms with Crippen LogP contribution in [0.3, 0.4) is 0 Å². The molecular formula is C18H18ClN6O2S+. The molecule has 0 saturated carbocycles. The first kappa shape index (κ1) is 18.7. The fraction of sp³-hybridized carbons (Fsp3) is 0.278. The Morgan fingerprint density at radius 3 is 2.68 bits per heavy atom. The van der Waals surface area contributed by atoms with Crippen LogP contribution in [0.2, 0.25) is 5.02 Å². The molecule has 1 saturated heterocycles. The van der Waals surface area contributed by atoms with Gasteiger partial charge in [-0.2, -0.15) is 0 Å². The number of fused-ring (bicyclic) bond motifs is 1. The van der Waals surface area contributed by atoms with E-state index < -0.39 is 12.1 Å². The zero-order valence-corrected chi connectivity index (χ0v) is 17.1. The predicted octanol–water partition coefficient (Wildman–Crippen LogP) is 2.04. The van der Waals surface area contributed by atoms with Gasteiger partial charge in [-0.15, -0.1) is 0 Å². The zero-order valence-electron chi connectivity index (χ0n) is 15.5. The van der Waals surface area contributed by atoms with E-state index in [1.54, 1.807) is 19.3 Å². The van der Waals surface area contributed by atoms with Crippen LogP contribution < -0.4 is 0 Å². The van der Waals surface area contributed by atoms with Crippen LogP contribution in [0.15, 0.2) is 46.8 Å². The van der Waals surface area contributed by atoms with Crippen molar-refractivity contribution in [2.45, 2.75) is 17.7 Å². The quantitative estimate of drug-likeness (QED) is 0.716. The van der Waals surface area contributed by atoms with E-state index in [2.05, 4.69) is 9.98 Å². The summed E-state index contributed by atoms with van der Waals surface area (Å²) in [6, 6.07) is 6.40. The van der Waals surface area contributed by atoms with E-state index in [1.807, 2.05) is 40.6 Å². The van der Waals surface area contributed by atoms with E-state index in [0.29, 0.717) is 22.6 Å². The number of aryl methyl sites for hydroxylation is 1. The van der Waals surface area contributed by atoms with Crippen LogP contribution in [0, 0.1) is 0 Å². The Hall–Kier alpha value is -2.65. The van der Waals surface area contributed by atoms with E-state index in [0.717, 1.165) is 15.6 Å². The summed E-state index contributed by atoms with van der Waals surface area (Å²) in [5.74, 6) is 0.117. The number of halogens is 1. The lowest BCUT2D eigenvalue weighted by Gasteiger charge is -2.30. The molecule has 0 radical (unpaired) electrons. The normalized spacial score (nSPS) is 19.4. The summed E-state index contributed by atoms with van der Waals surface area (Å²) < 4.78 is 3.77. The van der Waals surface area contributed by atoms with Gasteiger partial charge >= 0.3 is 11.2 Å². The van der Waals surface area contributed by atoms with Crippen LogP contribution >= 0.6 is 23.4 Å². The highest BCUT2D eigenvalue weighted by molar-refractivity contribution is 8.13. The summed E-state index contributed by atoms with van der Waals surface area (Å²) in [5.41, 5.74) is 0.942. The highest BCUT2D eigenvalue weighted by Gasteiger charge is 2.53. The maximum atomic E-state index is 12.9. The van der Waals surface area contributed by atoms with Gasteiger partial charge in [-0.1, -0.05) is 23.7 Å². The Labute approximate surface area is 171 Å². The van der Waals surface area contributed by atoms with Crippen molar-refractivity contribution >= 4 is 46.3 Å². The van der Waals surface area contributed by atoms with Crippen molar-refractivity contribution in [3.63, 3.8) is 0 Å². The molecule has 0 N–H and O–H groups in total. The summed E-state index contributed by atoms with van der Waals surface area (Å²) in [4.78, 5) is 36.8. The number of nitrogens with zero attached hydrogens (tertiary/aromatic N) is 6. The number of carbonyl (C=O) groups excluding carboxylic acids is 2. The molecule has 10 heteroatoms. The summed E-state index contributed by atoms with van der Waals surface area (Å²) in [5, 5.41) is 1.97. The second-order valence-corrected chi connectivity index (χ2v) is 7.95. The molecule has 0 bridgehead atoms. The third-order valence-electron chi connectivity index (χ3n) is 4.70. The van der Waals surface area contributed by atoms with Crippen molar-refractivity contribution in [2.75, 3.05) is 14.1 Å². The first-order chi connectivity index (χ1) is 13.4. The molecule has 8 nitrogen and oxygen atoms in total. The SMILES string of the molecule is CN1C(=O)C2C(=NC(Sc3nccn3C)=[N+]2Cc2cccc(Cl)c2)N(C)C1=O. The topological polar surface area (TPSA) is 73.8 Å². The van der Waals surface area contributed by atoms with Gasteiger partial charge in [0.2, 0.25) is 0 Å². The monoisotopic (exact) mass is 417 g/mol. The molecule has 2 aromatic rings. The third kappa shape index (κ3) is 3.10. The Balaban J connectivity index is 1.78. The van der Waals surface area contributed by atoms with E-state index in [-0.39, 0.29) is 5.91 Å². The lowest BCUT2D eigenvalue weighted by atomic mass is 10.1. The van der Waals surface area contributed by atoms with Crippen molar-refractivity contribution in [1.29, 1.82) is 0 Å². The van der Waals surface area contributed by atoms with Gasteiger partial charge in [0.25, 0.3) is 17.8 Å². The Morgan fingerprint density at radius 1 is 1.21 bits per heavy atom. The maximum absolute atomic E-state index is 12.9. The summed E-state index contributed by atoms with van der Waals surface area (Å²) >= 11 is 7.49. The molecule has 0 spiro atoms. The van der Waals surface area contributed by atoms with Crippen molar-refractivity contribution in [1.82, 2.24) is 19.4 Å². The van der Waals surface area contributed by atoms with E-state index in [4.69, 9.17) is 11.6 Å². The molecule has 3 amide bonds. The van der Waals surface area contributed by atoms with Crippen molar-refractivity contribution in [2.24, 2.45) is 12.0 Å². The maximum Gasteiger partial charge on any atom is 0.365 e. The van der Waals surface area contributed by atoms with Crippen molar-refractivity contribution < 1.29 is 14.2 Å². The standard InChI is InChI=1S/C18H18ClN6O2S/c1-22-8-7-20-16(22)28-17-21-14-13(15(26)24(3)18(27)23(14)2)25(17)10-11-5-4-6-12(19)9-11/h4-9,13H,10H2,1-3H3/q+1. The van der Waals surface area contributed by atoms with Gasteiger partial charge in [0, 0.05) is 50.3 Å². The van der Waals surface area contributed by atoms with Gasteiger partial charge in [-0.05, 0) is 22.7 Å². The summed E-state index contributed by atoms with van der Waals surface area (Å²) in [6.45, 7) is 0.423. The van der Waals surface area contributed by atoms with Crippen molar-refractivity contribution in [3.8, 4) is 0 Å². The molecule has 1 aromatic heterocycles. The Morgan fingerprint density at radius 2 is 2.00 bits per heavy atom. The lowest BCUT2D eigenvalue weighted by molar-refractivity contribution is -0.548. The second-order valence-electron chi connectivity index (χ2n) is 6.57. The minimum absolute atomic E-state index is 0.306. The van der Waals surface area contributed by atoms with Gasteiger partial charge in [0.05, 0.1) is 0 Å². The number of hydrogen-bond donors (Lipinski definition) is 0. The number of hydrogen-bond acceptors (Lipinski definition) is 5. The number of amides is 3. The molecule has 4 rings (SSSR count). The molecule has 1 fully saturated rings. The number of imidazole rings is 1. The zero-order chi connectivity index (χ0) is 20.0. The number of aromatic nitrogens is 2. The molecule has 1 aromatic carbocycles. The fourth-order valence-electron chi connectivity index (χ4n) is 3.18. The summed E-state index contributed by atoms with van der Waals surface area (Å²) in [7, 11) is 5.00. The van der Waals surface area contributed by atoms with E-state index in [1.165, 1.54) is 23.7 Å². The Kier molecular flexibility index (Phi) is 4.72. The minimum atomic E-state index is -0.672. The molecule has 1 unspecified atom stereocenters. The minimum Gasteiger partial charge on any atom is -0.329 e. The van der Waals surface area contributed by atoms with E-state index >= 15 is 0 Å². The number of aliphatic imine (C=N–C) groups is 1. The molecule has 28 heavy (non-hydrogen) atoms. The van der Waals surface area contributed by atoms with Crippen LogP contribution in [0.25, 0.3) is 0 Å². The number of amidine groups is 2. The molecular weight excluding hydrogens is 400 g/mol. The van der Waals surface area contributed by atoms with Crippen LogP contribution in [0.1, 0.15) is 5.56 Å². The van der Waals surface area contributed by atoms with Gasteiger partial charge in [-0.3, -0.25) is 14.6 Å². The number of benzene rings is 1. The molecule has 1 atom stereocenters. The second kappa shape index (κ2) is 7.06. The number of thioether (sulfide) groups is 1. The Bertz CT molecular complexity index is 1050. The third-order valence-corrected chi connectivity index (χ3v) is 6.02. The highest BCUT2D eigenvalue weighted by Crippen LogP contribution is 2.27. The molecule has 2 aliphatic rings. The molecule has 144 valence electrons. The van der Waals surface area contributed by atoms with Crippen LogP contribution in [-0.2, 0) is 18.4 Å². The smallest absolute Gasteiger partial charge is 0.329 e. The van der Waals surface area contributed by atoms with Gasteiger partial charge in [0.1, 0.15) is 6.54 Å². The molecule has 2 aliphatic heterocycles. The van der Waals surface area contributed by atoms with Gasteiger partial charge in [0.15, 0.2) is 5.16 Å². The first-order valence-electron chi connectivity index (χ1n) is 8.54. The van der Waals surface area contributed by atoms with Crippen LogP contribution in [-0.4, -0.2) is 67.0 Å². The summed E-state index contributed by atoms with van der Waals surface area (Å²) in [6.07, 6.45) is 3.54. The van der Waals surface area contributed by atoms with Gasteiger partial charge < -0.3 is 4.57 Å².